The monoisotopic (exact) mass is 242 g/mol. The van der Waals surface area contributed by atoms with Gasteiger partial charge < -0.3 is 0 Å². The maximum Gasteiger partial charge on any atom is 0.147 e. The molecule has 0 saturated heterocycles. The minimum Gasteiger partial charge on any atom is -0.235 e. The van der Waals surface area contributed by atoms with Crippen LogP contribution in [-0.2, 0) is 0 Å². The van der Waals surface area contributed by atoms with Crippen molar-refractivity contribution in [3.63, 3.8) is 0 Å². The van der Waals surface area contributed by atoms with E-state index in [0.717, 1.165) is 22.4 Å². The Morgan fingerprint density at radius 1 is 1.12 bits per heavy atom. The quantitative estimate of drug-likeness (QED) is 0.712. The topological polar surface area (TPSA) is 36.7 Å². The van der Waals surface area contributed by atoms with Crippen LogP contribution in [0.15, 0.2) is 30.3 Å². The molecule has 0 aliphatic rings. The predicted molar refractivity (Wildman–Crippen MR) is 68.9 cm³/mol. The lowest BCUT2D eigenvalue weighted by molar-refractivity contribution is 1.26. The Balaban J connectivity index is 2.63. The smallest absolute Gasteiger partial charge is 0.147 e. The van der Waals surface area contributed by atoms with Gasteiger partial charge in [0.2, 0.25) is 0 Å². The van der Waals surface area contributed by atoms with Crippen LogP contribution in [0.1, 0.15) is 16.7 Å². The van der Waals surface area contributed by atoms with E-state index in [4.69, 9.17) is 16.9 Å². The Morgan fingerprint density at radius 3 is 2.29 bits per heavy atom. The summed E-state index contributed by atoms with van der Waals surface area (Å²) in [6.07, 6.45) is 0. The Morgan fingerprint density at radius 2 is 1.76 bits per heavy atom. The first-order valence-corrected chi connectivity index (χ1v) is 5.64. The molecule has 0 N–H and O–H groups in total. The van der Waals surface area contributed by atoms with E-state index in [1.807, 2.05) is 44.2 Å². The van der Waals surface area contributed by atoms with Crippen molar-refractivity contribution < 1.29 is 0 Å². The maximum absolute atomic E-state index is 8.81. The highest BCUT2D eigenvalue weighted by atomic mass is 35.5. The molecule has 2 rings (SSSR count). The van der Waals surface area contributed by atoms with Gasteiger partial charge in [-0.25, -0.2) is 4.98 Å². The van der Waals surface area contributed by atoms with Crippen molar-refractivity contribution in [1.29, 1.82) is 5.26 Å². The summed E-state index contributed by atoms with van der Waals surface area (Å²) in [5.41, 5.74) is 4.60. The van der Waals surface area contributed by atoms with Gasteiger partial charge in [-0.3, -0.25) is 0 Å². The fourth-order valence-electron chi connectivity index (χ4n) is 1.88. The third-order valence-corrected chi connectivity index (χ3v) is 2.99. The van der Waals surface area contributed by atoms with Gasteiger partial charge in [-0.15, -0.1) is 0 Å². The van der Waals surface area contributed by atoms with E-state index < -0.39 is 0 Å². The zero-order valence-electron chi connectivity index (χ0n) is 9.66. The molecule has 0 bridgehead atoms. The zero-order chi connectivity index (χ0) is 12.4. The maximum atomic E-state index is 8.81. The minimum atomic E-state index is 0.257. The SMILES string of the molecule is Cc1cccc(C)c1-c1ccc(C#N)c(Cl)n1. The van der Waals surface area contributed by atoms with Gasteiger partial charge in [0.25, 0.3) is 0 Å². The number of halogens is 1. The van der Waals surface area contributed by atoms with Gasteiger partial charge in [0, 0.05) is 5.56 Å². The fraction of sp³-hybridized carbons (Fsp3) is 0.143. The molecular weight excluding hydrogens is 232 g/mol. The molecule has 1 aromatic carbocycles. The van der Waals surface area contributed by atoms with Gasteiger partial charge in [-0.2, -0.15) is 5.26 Å². The van der Waals surface area contributed by atoms with Crippen LogP contribution in [0.25, 0.3) is 11.3 Å². The number of benzene rings is 1. The number of aromatic nitrogens is 1. The van der Waals surface area contributed by atoms with E-state index in [2.05, 4.69) is 4.98 Å². The fourth-order valence-corrected chi connectivity index (χ4v) is 2.07. The highest BCUT2D eigenvalue weighted by Crippen LogP contribution is 2.27. The number of aryl methyl sites for hydroxylation is 2. The molecule has 0 radical (unpaired) electrons. The molecule has 0 aliphatic carbocycles. The van der Waals surface area contributed by atoms with E-state index in [-0.39, 0.29) is 5.15 Å². The van der Waals surface area contributed by atoms with Crippen LogP contribution in [-0.4, -0.2) is 4.98 Å². The lowest BCUT2D eigenvalue weighted by Crippen LogP contribution is -1.92. The zero-order valence-corrected chi connectivity index (χ0v) is 10.4. The molecule has 3 heteroatoms. The van der Waals surface area contributed by atoms with Crippen molar-refractivity contribution in [2.24, 2.45) is 0 Å². The van der Waals surface area contributed by atoms with Gasteiger partial charge in [0.15, 0.2) is 0 Å². The van der Waals surface area contributed by atoms with E-state index in [9.17, 15) is 0 Å². The molecule has 0 unspecified atom stereocenters. The molecule has 0 amide bonds. The Bertz CT molecular complexity index is 592. The number of rotatable bonds is 1. The Kier molecular flexibility index (Phi) is 3.12. The van der Waals surface area contributed by atoms with Crippen LogP contribution in [0.4, 0.5) is 0 Å². The third-order valence-electron chi connectivity index (χ3n) is 2.71. The normalized spacial score (nSPS) is 10.0. The number of nitriles is 1. The number of pyridine rings is 1. The molecule has 0 saturated carbocycles. The van der Waals surface area contributed by atoms with Crippen molar-refractivity contribution in [3.8, 4) is 17.3 Å². The second-order valence-corrected chi connectivity index (χ2v) is 4.27. The molecule has 0 fully saturated rings. The molecule has 0 atom stereocenters. The molecule has 84 valence electrons. The number of hydrogen-bond donors (Lipinski definition) is 0. The summed E-state index contributed by atoms with van der Waals surface area (Å²) in [5.74, 6) is 0. The van der Waals surface area contributed by atoms with E-state index in [1.54, 1.807) is 6.07 Å². The molecule has 1 heterocycles. The van der Waals surface area contributed by atoms with E-state index in [1.165, 1.54) is 0 Å². The standard InChI is InChI=1S/C14H11ClN2/c1-9-4-3-5-10(2)13(9)12-7-6-11(8-16)14(15)17-12/h3-7H,1-2H3. The lowest BCUT2D eigenvalue weighted by atomic mass is 9.99. The summed E-state index contributed by atoms with van der Waals surface area (Å²) >= 11 is 5.95. The van der Waals surface area contributed by atoms with Gasteiger partial charge >= 0.3 is 0 Å². The summed E-state index contributed by atoms with van der Waals surface area (Å²) in [6.45, 7) is 4.08. The third kappa shape index (κ3) is 2.15. The van der Waals surface area contributed by atoms with Gasteiger partial charge in [0.1, 0.15) is 11.2 Å². The van der Waals surface area contributed by atoms with Crippen LogP contribution in [0.5, 0.6) is 0 Å². The average Bonchev–Trinajstić information content (AvgIpc) is 2.29. The largest absolute Gasteiger partial charge is 0.235 e. The van der Waals surface area contributed by atoms with Gasteiger partial charge in [-0.1, -0.05) is 29.8 Å². The van der Waals surface area contributed by atoms with Crippen LogP contribution in [0.3, 0.4) is 0 Å². The van der Waals surface area contributed by atoms with Crippen molar-refractivity contribution in [2.45, 2.75) is 13.8 Å². The minimum absolute atomic E-state index is 0.257. The predicted octanol–water partition coefficient (Wildman–Crippen LogP) is 3.89. The average molecular weight is 243 g/mol. The molecule has 1 aromatic heterocycles. The highest BCUT2D eigenvalue weighted by molar-refractivity contribution is 6.30. The summed E-state index contributed by atoms with van der Waals surface area (Å²) in [4.78, 5) is 4.28. The Hall–Kier alpha value is -1.85. The summed E-state index contributed by atoms with van der Waals surface area (Å²) < 4.78 is 0. The summed E-state index contributed by atoms with van der Waals surface area (Å²) in [5, 5.41) is 9.07. The molecule has 2 nitrogen and oxygen atoms in total. The van der Waals surface area contributed by atoms with Gasteiger partial charge in [-0.05, 0) is 37.1 Å². The molecular formula is C14H11ClN2. The first-order chi connectivity index (χ1) is 8.13. The molecule has 17 heavy (non-hydrogen) atoms. The van der Waals surface area contributed by atoms with Crippen molar-refractivity contribution in [3.05, 3.63) is 52.2 Å². The summed E-state index contributed by atoms with van der Waals surface area (Å²) in [6, 6.07) is 11.6. The lowest BCUT2D eigenvalue weighted by Gasteiger charge is -2.09. The van der Waals surface area contributed by atoms with Crippen molar-refractivity contribution >= 4 is 11.6 Å². The number of hydrogen-bond acceptors (Lipinski definition) is 2. The van der Waals surface area contributed by atoms with Gasteiger partial charge in [0.05, 0.1) is 11.3 Å². The first-order valence-electron chi connectivity index (χ1n) is 5.26. The Labute approximate surface area is 105 Å². The van der Waals surface area contributed by atoms with Crippen LogP contribution in [0.2, 0.25) is 5.15 Å². The second-order valence-electron chi connectivity index (χ2n) is 3.91. The van der Waals surface area contributed by atoms with Crippen LogP contribution < -0.4 is 0 Å². The van der Waals surface area contributed by atoms with Crippen LogP contribution >= 0.6 is 11.6 Å². The number of nitrogens with zero attached hydrogens (tertiary/aromatic N) is 2. The first kappa shape index (κ1) is 11.6. The highest BCUT2D eigenvalue weighted by Gasteiger charge is 2.09. The summed E-state index contributed by atoms with van der Waals surface area (Å²) in [7, 11) is 0. The van der Waals surface area contributed by atoms with Crippen molar-refractivity contribution in [1.82, 2.24) is 4.98 Å². The molecule has 0 spiro atoms. The van der Waals surface area contributed by atoms with E-state index in [0.29, 0.717) is 5.56 Å². The molecule has 0 aliphatic heterocycles. The molecule has 2 aromatic rings. The van der Waals surface area contributed by atoms with Crippen molar-refractivity contribution in [2.75, 3.05) is 0 Å². The van der Waals surface area contributed by atoms with E-state index >= 15 is 0 Å². The second kappa shape index (κ2) is 4.57. The van der Waals surface area contributed by atoms with Crippen LogP contribution in [0, 0.1) is 25.2 Å².